The molecule has 0 fully saturated rings. The van der Waals surface area contributed by atoms with Crippen LogP contribution in [0, 0.1) is 22.9 Å². The van der Waals surface area contributed by atoms with Crippen LogP contribution in [0.4, 0.5) is 10.1 Å². The number of aryl methyl sites for hydroxylation is 1. The Morgan fingerprint density at radius 1 is 1.58 bits per heavy atom. The van der Waals surface area contributed by atoms with E-state index in [1.165, 1.54) is 6.92 Å². The summed E-state index contributed by atoms with van der Waals surface area (Å²) in [5.74, 6) is -1.57. The van der Waals surface area contributed by atoms with Gasteiger partial charge in [0, 0.05) is 12.1 Å². The van der Waals surface area contributed by atoms with E-state index in [1.807, 2.05) is 0 Å². The van der Waals surface area contributed by atoms with Gasteiger partial charge in [-0.05, 0) is 18.9 Å². The molecule has 0 saturated carbocycles. The highest BCUT2D eigenvalue weighted by molar-refractivity contribution is 5.95. The molecule has 0 aliphatic carbocycles. The van der Waals surface area contributed by atoms with Crippen molar-refractivity contribution in [3.63, 3.8) is 0 Å². The summed E-state index contributed by atoms with van der Waals surface area (Å²) in [6.07, 6.45) is 0.470. The standard InChI is InChI=1S/C12H15FN2O4/c1-3-8(6-16)14-12(17)10-5-9(15(18)19)4-7(2)11(10)13/h4-5,8,16H,3,6H2,1-2H3,(H,14,17). The summed E-state index contributed by atoms with van der Waals surface area (Å²) in [5.41, 5.74) is -0.712. The minimum absolute atomic E-state index is 0.0244. The van der Waals surface area contributed by atoms with Crippen molar-refractivity contribution in [1.82, 2.24) is 5.32 Å². The van der Waals surface area contributed by atoms with Crippen molar-refractivity contribution in [3.05, 3.63) is 39.2 Å². The van der Waals surface area contributed by atoms with E-state index < -0.39 is 28.3 Å². The van der Waals surface area contributed by atoms with Gasteiger partial charge < -0.3 is 10.4 Å². The molecule has 104 valence electrons. The molecule has 1 aromatic rings. The molecule has 0 aliphatic heterocycles. The highest BCUT2D eigenvalue weighted by Crippen LogP contribution is 2.21. The van der Waals surface area contributed by atoms with Gasteiger partial charge in [0.1, 0.15) is 5.82 Å². The van der Waals surface area contributed by atoms with Crippen LogP contribution in [-0.2, 0) is 0 Å². The van der Waals surface area contributed by atoms with Crippen molar-refractivity contribution in [2.75, 3.05) is 6.61 Å². The van der Waals surface area contributed by atoms with Crippen molar-refractivity contribution in [3.8, 4) is 0 Å². The molecular weight excluding hydrogens is 255 g/mol. The lowest BCUT2D eigenvalue weighted by Crippen LogP contribution is -2.37. The van der Waals surface area contributed by atoms with Gasteiger partial charge in [-0.3, -0.25) is 14.9 Å². The van der Waals surface area contributed by atoms with Crippen LogP contribution in [-0.4, -0.2) is 28.6 Å². The van der Waals surface area contributed by atoms with Gasteiger partial charge in [0.2, 0.25) is 0 Å². The van der Waals surface area contributed by atoms with Gasteiger partial charge in [0.25, 0.3) is 11.6 Å². The third-order valence-electron chi connectivity index (χ3n) is 2.74. The Morgan fingerprint density at radius 3 is 2.68 bits per heavy atom. The summed E-state index contributed by atoms with van der Waals surface area (Å²) >= 11 is 0. The molecule has 1 atom stereocenters. The topological polar surface area (TPSA) is 92.5 Å². The predicted molar refractivity (Wildman–Crippen MR) is 66.4 cm³/mol. The second-order valence-corrected chi connectivity index (χ2v) is 4.14. The molecule has 2 N–H and O–H groups in total. The van der Waals surface area contributed by atoms with Crippen LogP contribution in [0.15, 0.2) is 12.1 Å². The highest BCUT2D eigenvalue weighted by Gasteiger charge is 2.21. The van der Waals surface area contributed by atoms with E-state index in [2.05, 4.69) is 5.32 Å². The molecule has 19 heavy (non-hydrogen) atoms. The number of nitrogens with zero attached hydrogens (tertiary/aromatic N) is 1. The SMILES string of the molecule is CCC(CO)NC(=O)c1cc([N+](=O)[O-])cc(C)c1F. The molecule has 0 aromatic heterocycles. The summed E-state index contributed by atoms with van der Waals surface area (Å²) in [6.45, 7) is 2.82. The molecule has 1 amide bonds. The Bertz CT molecular complexity index is 501. The van der Waals surface area contributed by atoms with Gasteiger partial charge in [0.15, 0.2) is 0 Å². The molecular formula is C12H15FN2O4. The van der Waals surface area contributed by atoms with Crippen LogP contribution < -0.4 is 5.32 Å². The van der Waals surface area contributed by atoms with E-state index >= 15 is 0 Å². The number of amides is 1. The van der Waals surface area contributed by atoms with Crippen LogP contribution in [0.25, 0.3) is 0 Å². The molecule has 1 aromatic carbocycles. The molecule has 0 radical (unpaired) electrons. The maximum atomic E-state index is 13.8. The minimum atomic E-state index is -0.795. The number of carbonyl (C=O) groups is 1. The van der Waals surface area contributed by atoms with Crippen molar-refractivity contribution in [1.29, 1.82) is 0 Å². The van der Waals surface area contributed by atoms with Crippen LogP contribution in [0.3, 0.4) is 0 Å². The number of halogens is 1. The van der Waals surface area contributed by atoms with Gasteiger partial charge in [-0.25, -0.2) is 4.39 Å². The number of hydrogen-bond acceptors (Lipinski definition) is 4. The van der Waals surface area contributed by atoms with E-state index in [-0.39, 0.29) is 17.9 Å². The number of aliphatic hydroxyl groups is 1. The lowest BCUT2D eigenvalue weighted by Gasteiger charge is -2.14. The zero-order chi connectivity index (χ0) is 14.6. The number of hydrogen-bond donors (Lipinski definition) is 2. The number of carbonyl (C=O) groups excluding carboxylic acids is 1. The van der Waals surface area contributed by atoms with Crippen molar-refractivity contribution >= 4 is 11.6 Å². The molecule has 7 heteroatoms. The molecule has 0 bridgehead atoms. The second kappa shape index (κ2) is 6.24. The lowest BCUT2D eigenvalue weighted by molar-refractivity contribution is -0.385. The van der Waals surface area contributed by atoms with Crippen molar-refractivity contribution < 1.29 is 19.2 Å². The summed E-state index contributed by atoms with van der Waals surface area (Å²) in [6, 6.07) is 1.45. The molecule has 1 unspecified atom stereocenters. The van der Waals surface area contributed by atoms with Crippen LogP contribution >= 0.6 is 0 Å². The van der Waals surface area contributed by atoms with Gasteiger partial charge >= 0.3 is 0 Å². The number of nitro benzene ring substituents is 1. The van der Waals surface area contributed by atoms with Crippen molar-refractivity contribution in [2.24, 2.45) is 0 Å². The first-order valence-electron chi connectivity index (χ1n) is 5.77. The van der Waals surface area contributed by atoms with E-state index in [0.717, 1.165) is 12.1 Å². The molecule has 6 nitrogen and oxygen atoms in total. The fourth-order valence-electron chi connectivity index (χ4n) is 1.56. The smallest absolute Gasteiger partial charge is 0.270 e. The average Bonchev–Trinajstić information content (AvgIpc) is 2.38. The van der Waals surface area contributed by atoms with Crippen molar-refractivity contribution in [2.45, 2.75) is 26.3 Å². The van der Waals surface area contributed by atoms with Gasteiger partial charge in [0.05, 0.1) is 23.1 Å². The number of non-ortho nitro benzene ring substituents is 1. The molecule has 0 spiro atoms. The van der Waals surface area contributed by atoms with Crippen LogP contribution in [0.5, 0.6) is 0 Å². The van der Waals surface area contributed by atoms with Gasteiger partial charge in [-0.2, -0.15) is 0 Å². The highest BCUT2D eigenvalue weighted by atomic mass is 19.1. The maximum Gasteiger partial charge on any atom is 0.270 e. The number of nitrogens with one attached hydrogen (secondary N) is 1. The Morgan fingerprint density at radius 2 is 2.21 bits per heavy atom. The maximum absolute atomic E-state index is 13.8. The Balaban J connectivity index is 3.11. The van der Waals surface area contributed by atoms with Gasteiger partial charge in [-0.1, -0.05) is 6.92 Å². The summed E-state index contributed by atoms with van der Waals surface area (Å²) < 4.78 is 13.8. The van der Waals surface area contributed by atoms with E-state index in [1.54, 1.807) is 6.92 Å². The zero-order valence-corrected chi connectivity index (χ0v) is 10.6. The molecule has 1 rings (SSSR count). The first-order valence-corrected chi connectivity index (χ1v) is 5.77. The Hall–Kier alpha value is -2.02. The second-order valence-electron chi connectivity index (χ2n) is 4.14. The molecule has 0 aliphatic rings. The predicted octanol–water partition coefficient (Wildman–Crippen LogP) is 1.54. The zero-order valence-electron chi connectivity index (χ0n) is 10.6. The lowest BCUT2D eigenvalue weighted by atomic mass is 10.1. The monoisotopic (exact) mass is 270 g/mol. The minimum Gasteiger partial charge on any atom is -0.394 e. The average molecular weight is 270 g/mol. The molecule has 0 saturated heterocycles. The first-order chi connectivity index (χ1) is 8.90. The fraction of sp³-hybridized carbons (Fsp3) is 0.417. The first kappa shape index (κ1) is 15.0. The Labute approximate surface area is 109 Å². The summed E-state index contributed by atoms with van der Waals surface area (Å²) in [7, 11) is 0. The van der Waals surface area contributed by atoms with E-state index in [9.17, 15) is 19.3 Å². The summed E-state index contributed by atoms with van der Waals surface area (Å²) in [5, 5.41) is 22.1. The largest absolute Gasteiger partial charge is 0.394 e. The number of aliphatic hydroxyl groups excluding tert-OH is 1. The van der Waals surface area contributed by atoms with Crippen LogP contribution in [0.2, 0.25) is 0 Å². The summed E-state index contributed by atoms with van der Waals surface area (Å²) in [4.78, 5) is 21.8. The third-order valence-corrected chi connectivity index (χ3v) is 2.74. The van der Waals surface area contributed by atoms with E-state index in [0.29, 0.717) is 6.42 Å². The normalized spacial score (nSPS) is 12.0. The number of benzene rings is 1. The molecule has 0 heterocycles. The quantitative estimate of drug-likeness (QED) is 0.627. The number of nitro groups is 1. The van der Waals surface area contributed by atoms with E-state index in [4.69, 9.17) is 5.11 Å². The Kier molecular flexibility index (Phi) is 4.94. The van der Waals surface area contributed by atoms with Gasteiger partial charge in [-0.15, -0.1) is 0 Å². The third kappa shape index (κ3) is 3.47. The number of rotatable bonds is 5. The fourth-order valence-corrected chi connectivity index (χ4v) is 1.56. The van der Waals surface area contributed by atoms with Crippen LogP contribution in [0.1, 0.15) is 29.3 Å².